The minimum absolute atomic E-state index is 0.179. The van der Waals surface area contributed by atoms with Crippen LogP contribution in [0.15, 0.2) is 39.8 Å². The van der Waals surface area contributed by atoms with E-state index in [9.17, 15) is 14.9 Å². The molecule has 0 radical (unpaired) electrons. The van der Waals surface area contributed by atoms with E-state index in [0.29, 0.717) is 30.1 Å². The van der Waals surface area contributed by atoms with Crippen LogP contribution in [0.5, 0.6) is 0 Å². The number of carbonyl (C=O) groups is 1. The highest BCUT2D eigenvalue weighted by molar-refractivity contribution is 5.82. The lowest BCUT2D eigenvalue weighted by Crippen LogP contribution is -2.46. The minimum atomic E-state index is -0.762. The molecule has 4 rings (SSSR count). The molecule has 10 heteroatoms. The average molecular weight is 422 g/mol. The normalized spacial score (nSPS) is 17.6. The van der Waals surface area contributed by atoms with Crippen LogP contribution in [-0.2, 0) is 23.0 Å². The number of amides is 1. The van der Waals surface area contributed by atoms with Gasteiger partial charge >= 0.3 is 5.76 Å². The molecule has 1 aliphatic rings. The van der Waals surface area contributed by atoms with E-state index in [1.54, 1.807) is 25.5 Å². The molecular formula is C21H22N6O4. The van der Waals surface area contributed by atoms with E-state index < -0.39 is 17.9 Å². The van der Waals surface area contributed by atoms with Crippen molar-refractivity contribution >= 4 is 17.0 Å². The zero-order valence-electron chi connectivity index (χ0n) is 17.0. The van der Waals surface area contributed by atoms with Gasteiger partial charge in [0.05, 0.1) is 11.6 Å². The van der Waals surface area contributed by atoms with Crippen molar-refractivity contribution in [2.24, 2.45) is 7.05 Å². The van der Waals surface area contributed by atoms with Crippen LogP contribution in [0.3, 0.4) is 0 Å². The summed E-state index contributed by atoms with van der Waals surface area (Å²) < 4.78 is 12.1. The van der Waals surface area contributed by atoms with Gasteiger partial charge in [-0.3, -0.25) is 9.36 Å². The summed E-state index contributed by atoms with van der Waals surface area (Å²) in [6, 6.07) is 6.70. The Balaban J connectivity index is 1.43. The van der Waals surface area contributed by atoms with Gasteiger partial charge < -0.3 is 19.8 Å². The van der Waals surface area contributed by atoms with E-state index in [-0.39, 0.29) is 12.3 Å². The van der Waals surface area contributed by atoms with Crippen LogP contribution >= 0.6 is 0 Å². The molecule has 1 unspecified atom stereocenters. The molecule has 0 aliphatic carbocycles. The summed E-state index contributed by atoms with van der Waals surface area (Å²) in [6.45, 7) is 1.73. The lowest BCUT2D eigenvalue weighted by atomic mass is 10.1. The number of nitrogens with one attached hydrogen (secondary N) is 2. The molecule has 1 amide bonds. The number of nitrogens with zero attached hydrogens (tertiary/aromatic N) is 4. The van der Waals surface area contributed by atoms with Crippen molar-refractivity contribution in [1.29, 1.82) is 5.26 Å². The summed E-state index contributed by atoms with van der Waals surface area (Å²) in [6.07, 6.45) is 3.70. The zero-order chi connectivity index (χ0) is 21.8. The SMILES string of the molecule is Cn1c(=O)oc2ccc(-c3cnc(C[C@@H](C#N)NC(=O)C4CNCCCO4)nc3)cc21. The Kier molecular flexibility index (Phi) is 6.06. The van der Waals surface area contributed by atoms with Crippen LogP contribution in [0.1, 0.15) is 12.2 Å². The number of ether oxygens (including phenoxy) is 1. The number of hydrogen-bond acceptors (Lipinski definition) is 8. The van der Waals surface area contributed by atoms with Crippen molar-refractivity contribution < 1.29 is 13.9 Å². The molecule has 2 N–H and O–H groups in total. The van der Waals surface area contributed by atoms with Gasteiger partial charge in [-0.25, -0.2) is 14.8 Å². The fourth-order valence-electron chi connectivity index (χ4n) is 3.37. The topological polar surface area (TPSA) is 135 Å². The van der Waals surface area contributed by atoms with Crippen molar-refractivity contribution in [3.8, 4) is 17.2 Å². The lowest BCUT2D eigenvalue weighted by molar-refractivity contribution is -0.132. The first kappa shape index (κ1) is 20.7. The van der Waals surface area contributed by atoms with Crippen LogP contribution in [0, 0.1) is 11.3 Å². The Bertz CT molecular complexity index is 1170. The van der Waals surface area contributed by atoms with E-state index in [0.717, 1.165) is 24.1 Å². The summed E-state index contributed by atoms with van der Waals surface area (Å²) in [5.74, 6) is -0.308. The van der Waals surface area contributed by atoms with Gasteiger partial charge in [0, 0.05) is 44.6 Å². The Morgan fingerprint density at radius 2 is 2.19 bits per heavy atom. The summed E-state index contributed by atoms with van der Waals surface area (Å²) in [7, 11) is 1.64. The molecule has 10 nitrogen and oxygen atoms in total. The predicted molar refractivity (Wildman–Crippen MR) is 111 cm³/mol. The Hall–Kier alpha value is -3.55. The molecule has 1 aliphatic heterocycles. The van der Waals surface area contributed by atoms with E-state index in [2.05, 4.69) is 26.7 Å². The van der Waals surface area contributed by atoms with Gasteiger partial charge in [-0.1, -0.05) is 6.07 Å². The summed E-state index contributed by atoms with van der Waals surface area (Å²) >= 11 is 0. The van der Waals surface area contributed by atoms with E-state index in [1.807, 2.05) is 12.1 Å². The first-order chi connectivity index (χ1) is 15.0. The molecule has 2 atom stereocenters. The van der Waals surface area contributed by atoms with Gasteiger partial charge in [-0.2, -0.15) is 5.26 Å². The van der Waals surface area contributed by atoms with Crippen molar-refractivity contribution in [3.05, 3.63) is 47.0 Å². The maximum atomic E-state index is 12.4. The smallest absolute Gasteiger partial charge is 0.408 e. The first-order valence-corrected chi connectivity index (χ1v) is 9.98. The fourth-order valence-corrected chi connectivity index (χ4v) is 3.37. The molecule has 1 fully saturated rings. The average Bonchev–Trinajstić information content (AvgIpc) is 2.96. The number of fused-ring (bicyclic) bond motifs is 1. The number of aryl methyl sites for hydroxylation is 1. The predicted octanol–water partition coefficient (Wildman–Crippen LogP) is 0.518. The van der Waals surface area contributed by atoms with Crippen LogP contribution < -0.4 is 16.4 Å². The van der Waals surface area contributed by atoms with E-state index in [1.165, 1.54) is 4.57 Å². The van der Waals surface area contributed by atoms with E-state index >= 15 is 0 Å². The molecule has 3 heterocycles. The quantitative estimate of drug-likeness (QED) is 0.607. The number of carbonyl (C=O) groups excluding carboxylic acids is 1. The number of hydrogen-bond donors (Lipinski definition) is 2. The second kappa shape index (κ2) is 9.07. The Labute approximate surface area is 177 Å². The molecule has 0 bridgehead atoms. The van der Waals surface area contributed by atoms with Gasteiger partial charge in [-0.15, -0.1) is 0 Å². The van der Waals surface area contributed by atoms with Crippen molar-refractivity contribution in [1.82, 2.24) is 25.2 Å². The summed E-state index contributed by atoms with van der Waals surface area (Å²) in [4.78, 5) is 32.7. The Morgan fingerprint density at radius 1 is 1.39 bits per heavy atom. The molecule has 3 aromatic rings. The molecule has 160 valence electrons. The summed E-state index contributed by atoms with van der Waals surface area (Å²) in [5, 5.41) is 15.3. The van der Waals surface area contributed by atoms with Crippen molar-refractivity contribution in [2.75, 3.05) is 19.7 Å². The van der Waals surface area contributed by atoms with Crippen molar-refractivity contribution in [2.45, 2.75) is 25.0 Å². The standard InChI is InChI=1S/C21H22N6O4/c1-27-16-7-13(3-4-17(16)31-21(27)29)14-10-24-19(25-11-14)8-15(9-22)26-20(28)18-12-23-5-2-6-30-18/h3-4,7,10-11,15,18,23H,2,5-6,8,12H2,1H3,(H,26,28)/t15-,18?/m0/s1. The zero-order valence-corrected chi connectivity index (χ0v) is 17.0. The van der Waals surface area contributed by atoms with Gasteiger partial charge in [0.15, 0.2) is 5.58 Å². The highest BCUT2D eigenvalue weighted by Gasteiger charge is 2.24. The number of nitriles is 1. The van der Waals surface area contributed by atoms with Gasteiger partial charge in [0.2, 0.25) is 0 Å². The monoisotopic (exact) mass is 422 g/mol. The molecule has 1 aromatic carbocycles. The Morgan fingerprint density at radius 3 is 2.97 bits per heavy atom. The minimum Gasteiger partial charge on any atom is -0.408 e. The molecule has 0 saturated carbocycles. The van der Waals surface area contributed by atoms with Crippen LogP contribution in [0.4, 0.5) is 0 Å². The van der Waals surface area contributed by atoms with Crippen LogP contribution in [-0.4, -0.2) is 52.3 Å². The van der Waals surface area contributed by atoms with Crippen LogP contribution in [0.25, 0.3) is 22.2 Å². The number of benzene rings is 1. The molecule has 1 saturated heterocycles. The molecule has 31 heavy (non-hydrogen) atoms. The van der Waals surface area contributed by atoms with Crippen LogP contribution in [0.2, 0.25) is 0 Å². The number of aromatic nitrogens is 3. The molecule has 2 aromatic heterocycles. The maximum Gasteiger partial charge on any atom is 0.419 e. The van der Waals surface area contributed by atoms with Gasteiger partial charge in [-0.05, 0) is 30.7 Å². The highest BCUT2D eigenvalue weighted by Crippen LogP contribution is 2.22. The summed E-state index contributed by atoms with van der Waals surface area (Å²) in [5.41, 5.74) is 2.77. The van der Waals surface area contributed by atoms with Crippen molar-refractivity contribution in [3.63, 3.8) is 0 Å². The maximum absolute atomic E-state index is 12.4. The first-order valence-electron chi connectivity index (χ1n) is 9.98. The second-order valence-electron chi connectivity index (χ2n) is 7.31. The third-order valence-electron chi connectivity index (χ3n) is 5.13. The third kappa shape index (κ3) is 4.63. The number of rotatable bonds is 5. The lowest BCUT2D eigenvalue weighted by Gasteiger charge is -2.17. The second-order valence-corrected chi connectivity index (χ2v) is 7.31. The molecular weight excluding hydrogens is 400 g/mol. The fraction of sp³-hybridized carbons (Fsp3) is 0.381. The van der Waals surface area contributed by atoms with Gasteiger partial charge in [0.1, 0.15) is 18.0 Å². The third-order valence-corrected chi connectivity index (χ3v) is 5.13. The largest absolute Gasteiger partial charge is 0.419 e. The van der Waals surface area contributed by atoms with Gasteiger partial charge in [0.25, 0.3) is 5.91 Å². The highest BCUT2D eigenvalue weighted by atomic mass is 16.5. The number of oxazole rings is 1. The molecule has 0 spiro atoms. The van der Waals surface area contributed by atoms with E-state index in [4.69, 9.17) is 9.15 Å².